The number of benzene rings is 2. The third kappa shape index (κ3) is 5.65. The summed E-state index contributed by atoms with van der Waals surface area (Å²) in [5, 5.41) is 11.3. The van der Waals surface area contributed by atoms with Gasteiger partial charge in [-0.15, -0.1) is 0 Å². The molecule has 1 aliphatic heterocycles. The number of ether oxygens (including phenoxy) is 3. The van der Waals surface area contributed by atoms with E-state index in [1.54, 1.807) is 49.6 Å². The van der Waals surface area contributed by atoms with Crippen LogP contribution in [0.4, 0.5) is 0 Å². The predicted octanol–water partition coefficient (Wildman–Crippen LogP) is 4.25. The van der Waals surface area contributed by atoms with Gasteiger partial charge in [0.05, 0.1) is 31.9 Å². The van der Waals surface area contributed by atoms with E-state index in [0.29, 0.717) is 41.5 Å². The number of likely N-dealkylation sites (N-methyl/N-ethyl adjacent to an activating group) is 1. The van der Waals surface area contributed by atoms with Gasteiger partial charge in [0.1, 0.15) is 11.5 Å². The number of aliphatic hydroxyl groups excluding tert-OH is 1. The Morgan fingerprint density at radius 2 is 1.64 bits per heavy atom. The lowest BCUT2D eigenvalue weighted by atomic mass is 9.95. The average Bonchev–Trinajstić information content (AvgIpc) is 3.13. The first-order chi connectivity index (χ1) is 17.2. The normalized spacial score (nSPS) is 17.2. The van der Waals surface area contributed by atoms with Gasteiger partial charge in [-0.05, 0) is 68.9 Å². The first kappa shape index (κ1) is 27.1. The lowest BCUT2D eigenvalue weighted by Crippen LogP contribution is -2.38. The molecule has 1 atom stereocenters. The molecule has 1 N–H and O–H groups in total. The zero-order chi connectivity index (χ0) is 26.4. The fourth-order valence-electron chi connectivity index (χ4n) is 4.39. The molecule has 0 spiro atoms. The van der Waals surface area contributed by atoms with Crippen LogP contribution in [0.15, 0.2) is 48.0 Å². The molecule has 8 heteroatoms. The minimum absolute atomic E-state index is 0.00521. The monoisotopic (exact) mass is 496 g/mol. The first-order valence-electron chi connectivity index (χ1n) is 12.2. The van der Waals surface area contributed by atoms with E-state index in [2.05, 4.69) is 18.7 Å². The number of Topliss-reactive ketones (excluding diaryl/α,β-unsaturated/α-hetero) is 1. The molecule has 194 valence electrons. The van der Waals surface area contributed by atoms with Crippen molar-refractivity contribution >= 4 is 17.4 Å². The van der Waals surface area contributed by atoms with Crippen molar-refractivity contribution in [3.8, 4) is 17.2 Å². The van der Waals surface area contributed by atoms with Crippen LogP contribution in [0.5, 0.6) is 17.2 Å². The minimum Gasteiger partial charge on any atom is -0.507 e. The van der Waals surface area contributed by atoms with E-state index in [4.69, 9.17) is 14.2 Å². The molecule has 1 amide bonds. The molecule has 1 unspecified atom stereocenters. The van der Waals surface area contributed by atoms with Crippen LogP contribution in [0.25, 0.3) is 5.76 Å². The van der Waals surface area contributed by atoms with Gasteiger partial charge in [0.15, 0.2) is 11.5 Å². The van der Waals surface area contributed by atoms with Crippen LogP contribution in [0, 0.1) is 0 Å². The van der Waals surface area contributed by atoms with Crippen molar-refractivity contribution in [2.75, 3.05) is 40.4 Å². The molecule has 0 radical (unpaired) electrons. The van der Waals surface area contributed by atoms with Crippen molar-refractivity contribution in [3.63, 3.8) is 0 Å². The van der Waals surface area contributed by atoms with Crippen molar-refractivity contribution in [1.82, 2.24) is 9.80 Å². The number of ketones is 1. The predicted molar refractivity (Wildman–Crippen MR) is 139 cm³/mol. The molecule has 1 heterocycles. The van der Waals surface area contributed by atoms with Gasteiger partial charge in [-0.3, -0.25) is 9.59 Å². The van der Waals surface area contributed by atoms with Crippen LogP contribution in [-0.2, 0) is 9.59 Å². The number of methoxy groups -OCH3 is 2. The Bertz CT molecular complexity index is 1110. The van der Waals surface area contributed by atoms with E-state index in [0.717, 1.165) is 13.1 Å². The van der Waals surface area contributed by atoms with Gasteiger partial charge in [-0.2, -0.15) is 0 Å². The van der Waals surface area contributed by atoms with E-state index in [-0.39, 0.29) is 17.4 Å². The van der Waals surface area contributed by atoms with Crippen molar-refractivity contribution in [2.24, 2.45) is 0 Å². The summed E-state index contributed by atoms with van der Waals surface area (Å²) in [5.74, 6) is 0.0754. The smallest absolute Gasteiger partial charge is 0.295 e. The van der Waals surface area contributed by atoms with Crippen LogP contribution in [0.1, 0.15) is 44.9 Å². The Hall–Kier alpha value is -3.52. The molecule has 0 saturated carbocycles. The summed E-state index contributed by atoms with van der Waals surface area (Å²) in [6.45, 7) is 10.5. The Morgan fingerprint density at radius 3 is 2.19 bits per heavy atom. The third-order valence-corrected chi connectivity index (χ3v) is 6.31. The van der Waals surface area contributed by atoms with Gasteiger partial charge >= 0.3 is 0 Å². The molecule has 1 saturated heterocycles. The second-order valence-corrected chi connectivity index (χ2v) is 8.82. The number of nitrogens with zero attached hydrogens (tertiary/aromatic N) is 2. The Balaban J connectivity index is 2.11. The minimum atomic E-state index is -0.771. The van der Waals surface area contributed by atoms with Gasteiger partial charge in [-0.1, -0.05) is 19.9 Å². The van der Waals surface area contributed by atoms with Gasteiger partial charge in [0.25, 0.3) is 11.7 Å². The van der Waals surface area contributed by atoms with Crippen molar-refractivity contribution in [1.29, 1.82) is 0 Å². The Labute approximate surface area is 213 Å². The highest BCUT2D eigenvalue weighted by atomic mass is 16.5. The highest BCUT2D eigenvalue weighted by Crippen LogP contribution is 2.42. The summed E-state index contributed by atoms with van der Waals surface area (Å²) in [6.07, 6.45) is 0.00521. The number of amides is 1. The van der Waals surface area contributed by atoms with E-state index in [9.17, 15) is 14.7 Å². The van der Waals surface area contributed by atoms with Crippen molar-refractivity contribution < 1.29 is 28.9 Å². The van der Waals surface area contributed by atoms with Crippen LogP contribution in [0.3, 0.4) is 0 Å². The summed E-state index contributed by atoms with van der Waals surface area (Å²) >= 11 is 0. The highest BCUT2D eigenvalue weighted by Gasteiger charge is 2.46. The highest BCUT2D eigenvalue weighted by molar-refractivity contribution is 6.46. The lowest BCUT2D eigenvalue weighted by Gasteiger charge is -2.28. The number of likely N-dealkylation sites (tertiary alicyclic amines) is 1. The summed E-state index contributed by atoms with van der Waals surface area (Å²) < 4.78 is 16.5. The Kier molecular flexibility index (Phi) is 8.98. The van der Waals surface area contributed by atoms with Gasteiger partial charge in [0, 0.05) is 18.7 Å². The molecule has 8 nitrogen and oxygen atoms in total. The van der Waals surface area contributed by atoms with Crippen molar-refractivity contribution in [2.45, 2.75) is 39.8 Å². The van der Waals surface area contributed by atoms with Gasteiger partial charge in [-0.25, -0.2) is 0 Å². The van der Waals surface area contributed by atoms with Crippen LogP contribution in [0.2, 0.25) is 0 Å². The molecule has 2 aromatic rings. The fraction of sp³-hybridized carbons (Fsp3) is 0.429. The fourth-order valence-corrected chi connectivity index (χ4v) is 4.39. The summed E-state index contributed by atoms with van der Waals surface area (Å²) in [7, 11) is 3.07. The summed E-state index contributed by atoms with van der Waals surface area (Å²) in [6, 6.07) is 11.3. The largest absolute Gasteiger partial charge is 0.507 e. The molecule has 3 rings (SSSR count). The molecule has 1 aliphatic rings. The number of rotatable bonds is 11. The SMILES string of the molecule is CCN(CC)CCN1C(=O)C(=O)/C(=C(\O)c2ccc(OC(C)C)cc2)C1c1ccc(OC)c(OC)c1. The molecular formula is C28H36N2O6. The van der Waals surface area contributed by atoms with Gasteiger partial charge < -0.3 is 29.1 Å². The maximum atomic E-state index is 13.3. The number of hydrogen-bond donors (Lipinski definition) is 1. The zero-order valence-corrected chi connectivity index (χ0v) is 21.9. The van der Waals surface area contributed by atoms with E-state index in [1.807, 2.05) is 13.8 Å². The lowest BCUT2D eigenvalue weighted by molar-refractivity contribution is -0.140. The van der Waals surface area contributed by atoms with Crippen LogP contribution >= 0.6 is 0 Å². The first-order valence-corrected chi connectivity index (χ1v) is 12.2. The molecular weight excluding hydrogens is 460 g/mol. The number of aliphatic hydroxyl groups is 1. The maximum Gasteiger partial charge on any atom is 0.295 e. The second-order valence-electron chi connectivity index (χ2n) is 8.82. The number of carbonyl (C=O) groups is 2. The van der Waals surface area contributed by atoms with Gasteiger partial charge in [0.2, 0.25) is 0 Å². The Morgan fingerprint density at radius 1 is 1.00 bits per heavy atom. The average molecular weight is 497 g/mol. The molecule has 36 heavy (non-hydrogen) atoms. The maximum absolute atomic E-state index is 13.3. The molecule has 2 aromatic carbocycles. The zero-order valence-electron chi connectivity index (χ0n) is 21.9. The van der Waals surface area contributed by atoms with Crippen molar-refractivity contribution in [3.05, 3.63) is 59.2 Å². The number of carbonyl (C=O) groups excluding carboxylic acids is 2. The van der Waals surface area contributed by atoms with Crippen LogP contribution in [-0.4, -0.2) is 73.1 Å². The van der Waals surface area contributed by atoms with E-state index < -0.39 is 17.7 Å². The quantitative estimate of drug-likeness (QED) is 0.283. The summed E-state index contributed by atoms with van der Waals surface area (Å²) in [4.78, 5) is 30.2. The number of hydrogen-bond acceptors (Lipinski definition) is 7. The third-order valence-electron chi connectivity index (χ3n) is 6.31. The molecule has 0 aliphatic carbocycles. The summed E-state index contributed by atoms with van der Waals surface area (Å²) in [5.41, 5.74) is 1.12. The van der Waals surface area contributed by atoms with E-state index >= 15 is 0 Å². The second kappa shape index (κ2) is 11.9. The van der Waals surface area contributed by atoms with E-state index in [1.165, 1.54) is 12.0 Å². The van der Waals surface area contributed by atoms with Crippen LogP contribution < -0.4 is 14.2 Å². The molecule has 0 bridgehead atoms. The molecule has 0 aromatic heterocycles. The standard InChI is InChI=1S/C28H36N2O6/c1-7-29(8-2)15-16-30-25(20-11-14-22(34-5)23(17-20)35-6)24(27(32)28(30)33)26(31)19-9-12-21(13-10-19)36-18(3)4/h9-14,17-18,25,31H,7-8,15-16H2,1-6H3/b26-24-. The topological polar surface area (TPSA) is 88.5 Å². The molecule has 1 fully saturated rings.